The van der Waals surface area contributed by atoms with E-state index in [1.165, 1.54) is 36.3 Å². The van der Waals surface area contributed by atoms with Gasteiger partial charge in [-0.1, -0.05) is 0 Å². The minimum atomic E-state index is 1.11. The zero-order valence-electron chi connectivity index (χ0n) is 12.4. The molecule has 0 aliphatic rings. The van der Waals surface area contributed by atoms with Crippen molar-refractivity contribution >= 4 is 22.7 Å². The van der Waals surface area contributed by atoms with Crippen LogP contribution in [0.2, 0.25) is 0 Å². The van der Waals surface area contributed by atoms with Gasteiger partial charge in [0, 0.05) is 37.7 Å². The molecule has 4 heteroatoms. The number of rotatable bonds is 2. The Morgan fingerprint density at radius 3 is 1.95 bits per heavy atom. The number of imidazole rings is 1. The van der Waals surface area contributed by atoms with Gasteiger partial charge in [0.15, 0.2) is 0 Å². The number of aromatic nitrogens is 2. The first-order valence-corrected chi connectivity index (χ1v) is 8.27. The summed E-state index contributed by atoms with van der Waals surface area (Å²) in [5.41, 5.74) is 4.92. The molecule has 2 nitrogen and oxygen atoms in total. The molecule has 0 aromatic carbocycles. The molecule has 0 unspecified atom stereocenters. The summed E-state index contributed by atoms with van der Waals surface area (Å²) < 4.78 is 2.14. The minimum absolute atomic E-state index is 1.11. The van der Waals surface area contributed by atoms with Crippen LogP contribution in [0.4, 0.5) is 0 Å². The van der Waals surface area contributed by atoms with E-state index in [1.54, 1.807) is 0 Å². The first-order valence-electron chi connectivity index (χ1n) is 6.63. The van der Waals surface area contributed by atoms with Crippen LogP contribution in [0, 0.1) is 27.7 Å². The van der Waals surface area contributed by atoms with Gasteiger partial charge in [-0.2, -0.15) is 0 Å². The SMILES string of the molecule is Cc1cc(-c2ncn(C)c2-c2cc(C)sc2C)c(C)s1. The second-order valence-corrected chi connectivity index (χ2v) is 8.13. The van der Waals surface area contributed by atoms with Gasteiger partial charge in [0.2, 0.25) is 0 Å². The quantitative estimate of drug-likeness (QED) is 0.643. The molecular formula is C16H18N2S2. The molecule has 104 valence electrons. The maximum atomic E-state index is 4.66. The third-order valence-corrected chi connectivity index (χ3v) is 5.46. The monoisotopic (exact) mass is 302 g/mol. The molecule has 0 aliphatic carbocycles. The third-order valence-electron chi connectivity index (χ3n) is 3.53. The number of hydrogen-bond acceptors (Lipinski definition) is 3. The van der Waals surface area contributed by atoms with E-state index >= 15 is 0 Å². The third kappa shape index (κ3) is 2.13. The predicted octanol–water partition coefficient (Wildman–Crippen LogP) is 5.11. The molecule has 0 amide bonds. The summed E-state index contributed by atoms with van der Waals surface area (Å²) in [6.07, 6.45) is 1.92. The van der Waals surface area contributed by atoms with Crippen molar-refractivity contribution in [3.05, 3.63) is 38.0 Å². The Morgan fingerprint density at radius 2 is 1.45 bits per heavy atom. The van der Waals surface area contributed by atoms with Crippen molar-refractivity contribution in [3.8, 4) is 22.5 Å². The first-order chi connectivity index (χ1) is 9.47. The van der Waals surface area contributed by atoms with Crippen molar-refractivity contribution in [1.29, 1.82) is 0 Å². The van der Waals surface area contributed by atoms with Crippen LogP contribution in [0.15, 0.2) is 18.5 Å². The Kier molecular flexibility index (Phi) is 3.30. The standard InChI is InChI=1S/C16H18N2S2/c1-9-6-13(11(3)19-9)15-16(18(5)8-17-15)14-7-10(2)20-12(14)4/h6-8H,1-5H3. The lowest BCUT2D eigenvalue weighted by Crippen LogP contribution is -1.91. The molecule has 0 spiro atoms. The van der Waals surface area contributed by atoms with Crippen LogP contribution in [0.1, 0.15) is 19.5 Å². The van der Waals surface area contributed by atoms with E-state index in [0.29, 0.717) is 0 Å². The van der Waals surface area contributed by atoms with E-state index in [1.807, 2.05) is 29.0 Å². The van der Waals surface area contributed by atoms with Gasteiger partial charge in [0.1, 0.15) is 0 Å². The van der Waals surface area contributed by atoms with Crippen molar-refractivity contribution in [2.45, 2.75) is 27.7 Å². The highest BCUT2D eigenvalue weighted by Gasteiger charge is 2.19. The molecular weight excluding hydrogens is 284 g/mol. The highest BCUT2D eigenvalue weighted by molar-refractivity contribution is 7.12. The van der Waals surface area contributed by atoms with Crippen molar-refractivity contribution in [3.63, 3.8) is 0 Å². The van der Waals surface area contributed by atoms with Gasteiger partial charge in [-0.05, 0) is 39.8 Å². The molecule has 0 saturated carbocycles. The normalized spacial score (nSPS) is 11.2. The zero-order chi connectivity index (χ0) is 14.4. The smallest absolute Gasteiger partial charge is 0.0974 e. The van der Waals surface area contributed by atoms with Gasteiger partial charge in [-0.25, -0.2) is 4.98 Å². The summed E-state index contributed by atoms with van der Waals surface area (Å²) in [7, 11) is 2.08. The van der Waals surface area contributed by atoms with Crippen LogP contribution in [0.5, 0.6) is 0 Å². The van der Waals surface area contributed by atoms with Crippen molar-refractivity contribution in [1.82, 2.24) is 9.55 Å². The van der Waals surface area contributed by atoms with Crippen LogP contribution < -0.4 is 0 Å². The molecule has 0 atom stereocenters. The average molecular weight is 302 g/mol. The topological polar surface area (TPSA) is 17.8 Å². The lowest BCUT2D eigenvalue weighted by atomic mass is 10.1. The summed E-state index contributed by atoms with van der Waals surface area (Å²) in [5.74, 6) is 0. The fourth-order valence-corrected chi connectivity index (χ4v) is 4.53. The summed E-state index contributed by atoms with van der Waals surface area (Å²) in [5, 5.41) is 0. The maximum absolute atomic E-state index is 4.66. The fraction of sp³-hybridized carbons (Fsp3) is 0.312. The van der Waals surface area contributed by atoms with E-state index in [2.05, 4.69) is 56.4 Å². The van der Waals surface area contributed by atoms with Crippen LogP contribution in [-0.2, 0) is 7.05 Å². The predicted molar refractivity (Wildman–Crippen MR) is 88.8 cm³/mol. The van der Waals surface area contributed by atoms with E-state index in [9.17, 15) is 0 Å². The lowest BCUT2D eigenvalue weighted by Gasteiger charge is -2.05. The Balaban J connectivity index is 2.25. The molecule has 0 bridgehead atoms. The number of thiophene rings is 2. The van der Waals surface area contributed by atoms with Gasteiger partial charge < -0.3 is 4.57 Å². The number of aryl methyl sites for hydroxylation is 5. The molecule has 3 rings (SSSR count). The van der Waals surface area contributed by atoms with E-state index in [-0.39, 0.29) is 0 Å². The first kappa shape index (κ1) is 13.6. The highest BCUT2D eigenvalue weighted by atomic mass is 32.1. The van der Waals surface area contributed by atoms with Gasteiger partial charge >= 0.3 is 0 Å². The summed E-state index contributed by atoms with van der Waals surface area (Å²) in [6, 6.07) is 4.52. The van der Waals surface area contributed by atoms with Gasteiger partial charge in [-0.15, -0.1) is 22.7 Å². The Labute approximate surface area is 127 Å². The van der Waals surface area contributed by atoms with Gasteiger partial charge in [0.05, 0.1) is 17.7 Å². The largest absolute Gasteiger partial charge is 0.333 e. The van der Waals surface area contributed by atoms with Crippen molar-refractivity contribution in [2.24, 2.45) is 7.05 Å². The second kappa shape index (κ2) is 4.86. The molecule has 20 heavy (non-hydrogen) atoms. The number of hydrogen-bond donors (Lipinski definition) is 0. The summed E-state index contributed by atoms with van der Waals surface area (Å²) in [4.78, 5) is 10.0. The maximum Gasteiger partial charge on any atom is 0.0974 e. The van der Waals surface area contributed by atoms with Crippen LogP contribution >= 0.6 is 22.7 Å². The molecule has 3 heterocycles. The average Bonchev–Trinajstić information content (AvgIpc) is 2.98. The van der Waals surface area contributed by atoms with E-state index < -0.39 is 0 Å². The Bertz CT molecular complexity index is 775. The van der Waals surface area contributed by atoms with Gasteiger partial charge in [-0.3, -0.25) is 0 Å². The van der Waals surface area contributed by atoms with Crippen molar-refractivity contribution < 1.29 is 0 Å². The highest BCUT2D eigenvalue weighted by Crippen LogP contribution is 2.39. The molecule has 0 aliphatic heterocycles. The van der Waals surface area contributed by atoms with E-state index in [4.69, 9.17) is 0 Å². The molecule has 3 aromatic heterocycles. The van der Waals surface area contributed by atoms with Crippen LogP contribution in [0.3, 0.4) is 0 Å². The molecule has 3 aromatic rings. The van der Waals surface area contributed by atoms with E-state index in [0.717, 1.165) is 5.69 Å². The second-order valence-electron chi connectivity index (χ2n) is 5.21. The minimum Gasteiger partial charge on any atom is -0.333 e. The molecule has 0 fully saturated rings. The zero-order valence-corrected chi connectivity index (χ0v) is 14.1. The van der Waals surface area contributed by atoms with Crippen molar-refractivity contribution in [2.75, 3.05) is 0 Å². The Morgan fingerprint density at radius 1 is 0.900 bits per heavy atom. The lowest BCUT2D eigenvalue weighted by molar-refractivity contribution is 0.921. The van der Waals surface area contributed by atoms with Crippen LogP contribution in [-0.4, -0.2) is 9.55 Å². The fourth-order valence-electron chi connectivity index (χ4n) is 2.68. The van der Waals surface area contributed by atoms with Gasteiger partial charge in [0.25, 0.3) is 0 Å². The summed E-state index contributed by atoms with van der Waals surface area (Å²) in [6.45, 7) is 8.69. The molecule has 0 radical (unpaired) electrons. The Hall–Kier alpha value is -1.39. The van der Waals surface area contributed by atoms with Crippen LogP contribution in [0.25, 0.3) is 22.5 Å². The summed E-state index contributed by atoms with van der Waals surface area (Å²) >= 11 is 3.69. The molecule has 0 N–H and O–H groups in total. The number of nitrogens with zero attached hydrogens (tertiary/aromatic N) is 2. The molecule has 0 saturated heterocycles.